The predicted octanol–water partition coefficient (Wildman–Crippen LogP) is 2.66. The molecule has 0 unspecified atom stereocenters. The molecular formula is C23H25N3O4S. The molecule has 3 amide bonds. The molecule has 8 heteroatoms. The van der Waals surface area contributed by atoms with Crippen molar-refractivity contribution in [3.05, 3.63) is 54.1 Å². The molecule has 2 aromatic carbocycles. The van der Waals surface area contributed by atoms with Crippen molar-refractivity contribution >= 4 is 35.2 Å². The summed E-state index contributed by atoms with van der Waals surface area (Å²) >= 11 is 1.29. The third-order valence-electron chi connectivity index (χ3n) is 5.63. The molecule has 0 aliphatic carbocycles. The Hall–Kier alpha value is -3.00. The van der Waals surface area contributed by atoms with Gasteiger partial charge in [0.05, 0.1) is 12.8 Å². The number of fused-ring (bicyclic) bond motifs is 1. The number of likely N-dealkylation sites (tertiary alicyclic amines) is 1. The average Bonchev–Trinajstić information content (AvgIpc) is 2.82. The summed E-state index contributed by atoms with van der Waals surface area (Å²) < 4.78 is 5.21. The standard InChI is InChI=1S/C23H25N3O4S/c1-30-17-6-4-5-15(13-17)14-24-21(27)16-9-11-26(12-10-16)23(29)20-22(28)25-18-7-2-3-8-19(18)31-20/h2-8,13,16,20H,9-12,14H2,1H3,(H,24,27)(H,25,28)/t20-/m0/s1. The first-order valence-electron chi connectivity index (χ1n) is 10.3. The van der Waals surface area contributed by atoms with E-state index in [9.17, 15) is 14.4 Å². The van der Waals surface area contributed by atoms with Crippen LogP contribution in [0.1, 0.15) is 18.4 Å². The van der Waals surface area contributed by atoms with Crippen molar-refractivity contribution in [3.8, 4) is 5.75 Å². The van der Waals surface area contributed by atoms with Crippen LogP contribution in [0.15, 0.2) is 53.4 Å². The molecule has 2 aliphatic heterocycles. The fraction of sp³-hybridized carbons (Fsp3) is 0.348. The lowest BCUT2D eigenvalue weighted by Crippen LogP contribution is -2.49. The molecule has 2 aromatic rings. The van der Waals surface area contributed by atoms with Crippen LogP contribution in [-0.2, 0) is 20.9 Å². The molecule has 2 N–H and O–H groups in total. The lowest BCUT2D eigenvalue weighted by molar-refractivity contribution is -0.137. The summed E-state index contributed by atoms with van der Waals surface area (Å²) in [5.41, 5.74) is 1.72. The third-order valence-corrected chi connectivity index (χ3v) is 6.89. The number of carbonyl (C=O) groups is 3. The van der Waals surface area contributed by atoms with Crippen LogP contribution in [-0.4, -0.2) is 48.1 Å². The molecule has 4 rings (SSSR count). The molecule has 1 saturated heterocycles. The van der Waals surface area contributed by atoms with Crippen molar-refractivity contribution < 1.29 is 19.1 Å². The predicted molar refractivity (Wildman–Crippen MR) is 119 cm³/mol. The number of rotatable bonds is 5. The van der Waals surface area contributed by atoms with E-state index in [0.717, 1.165) is 21.9 Å². The van der Waals surface area contributed by atoms with Gasteiger partial charge in [0, 0.05) is 30.4 Å². The number of carbonyl (C=O) groups excluding carboxylic acids is 3. The van der Waals surface area contributed by atoms with E-state index in [4.69, 9.17) is 4.74 Å². The Morgan fingerprint density at radius 2 is 1.94 bits per heavy atom. The van der Waals surface area contributed by atoms with Gasteiger partial charge in [-0.05, 0) is 42.7 Å². The highest BCUT2D eigenvalue weighted by atomic mass is 32.2. The number of methoxy groups -OCH3 is 1. The molecule has 0 radical (unpaired) electrons. The van der Waals surface area contributed by atoms with Gasteiger partial charge in [0.2, 0.25) is 17.7 Å². The average molecular weight is 440 g/mol. The molecule has 1 fully saturated rings. The van der Waals surface area contributed by atoms with Crippen LogP contribution in [0.2, 0.25) is 0 Å². The fourth-order valence-corrected chi connectivity index (χ4v) is 4.93. The summed E-state index contributed by atoms with van der Waals surface area (Å²) in [5.74, 6) is 0.141. The summed E-state index contributed by atoms with van der Waals surface area (Å²) in [4.78, 5) is 40.6. The highest BCUT2D eigenvalue weighted by Gasteiger charge is 2.37. The van der Waals surface area contributed by atoms with Crippen LogP contribution in [0, 0.1) is 5.92 Å². The van der Waals surface area contributed by atoms with E-state index in [1.807, 2.05) is 48.5 Å². The van der Waals surface area contributed by atoms with E-state index in [0.29, 0.717) is 32.5 Å². The minimum absolute atomic E-state index is 0.00590. The number of anilines is 1. The molecule has 0 bridgehead atoms. The molecule has 162 valence electrons. The first kappa shape index (κ1) is 21.2. The van der Waals surface area contributed by atoms with Crippen LogP contribution in [0.5, 0.6) is 5.75 Å². The van der Waals surface area contributed by atoms with E-state index < -0.39 is 5.25 Å². The topological polar surface area (TPSA) is 87.7 Å². The lowest BCUT2D eigenvalue weighted by atomic mass is 9.95. The van der Waals surface area contributed by atoms with Gasteiger partial charge in [-0.3, -0.25) is 14.4 Å². The maximum Gasteiger partial charge on any atom is 0.247 e. The van der Waals surface area contributed by atoms with Gasteiger partial charge in [-0.15, -0.1) is 11.8 Å². The second-order valence-corrected chi connectivity index (χ2v) is 8.80. The molecule has 0 spiro atoms. The van der Waals surface area contributed by atoms with Gasteiger partial charge in [0.15, 0.2) is 5.25 Å². The monoisotopic (exact) mass is 439 g/mol. The minimum atomic E-state index is -0.784. The van der Waals surface area contributed by atoms with Crippen LogP contribution < -0.4 is 15.4 Å². The molecule has 1 atom stereocenters. The number of hydrogen-bond donors (Lipinski definition) is 2. The number of piperidine rings is 1. The molecule has 7 nitrogen and oxygen atoms in total. The third kappa shape index (κ3) is 4.85. The molecule has 2 heterocycles. The van der Waals surface area contributed by atoms with Crippen LogP contribution in [0.4, 0.5) is 5.69 Å². The number of benzene rings is 2. The van der Waals surface area contributed by atoms with Gasteiger partial charge in [-0.1, -0.05) is 24.3 Å². The lowest BCUT2D eigenvalue weighted by Gasteiger charge is -2.34. The zero-order chi connectivity index (χ0) is 21.8. The van der Waals surface area contributed by atoms with Gasteiger partial charge < -0.3 is 20.3 Å². The summed E-state index contributed by atoms with van der Waals surface area (Å²) in [5, 5.41) is 5.01. The van der Waals surface area contributed by atoms with Crippen molar-refractivity contribution in [2.24, 2.45) is 5.92 Å². The van der Waals surface area contributed by atoms with Crippen molar-refractivity contribution in [2.45, 2.75) is 29.5 Å². The number of thioether (sulfide) groups is 1. The molecule has 31 heavy (non-hydrogen) atoms. The van der Waals surface area contributed by atoms with E-state index in [1.54, 1.807) is 12.0 Å². The van der Waals surface area contributed by atoms with Gasteiger partial charge in [0.25, 0.3) is 0 Å². The van der Waals surface area contributed by atoms with Gasteiger partial charge in [0.1, 0.15) is 5.75 Å². The molecule has 2 aliphatic rings. The summed E-state index contributed by atoms with van der Waals surface area (Å²) in [6.07, 6.45) is 1.18. The Morgan fingerprint density at radius 1 is 1.16 bits per heavy atom. The Balaban J connectivity index is 1.28. The van der Waals surface area contributed by atoms with Crippen molar-refractivity contribution in [1.82, 2.24) is 10.2 Å². The Kier molecular flexibility index (Phi) is 6.46. The number of nitrogens with zero attached hydrogens (tertiary/aromatic N) is 1. The van der Waals surface area contributed by atoms with E-state index in [-0.39, 0.29) is 23.6 Å². The zero-order valence-corrected chi connectivity index (χ0v) is 18.1. The summed E-state index contributed by atoms with van der Waals surface area (Å²) in [6.45, 7) is 1.39. The highest BCUT2D eigenvalue weighted by Crippen LogP contribution is 2.36. The zero-order valence-electron chi connectivity index (χ0n) is 17.3. The maximum absolute atomic E-state index is 13.0. The Labute approximate surface area is 185 Å². The van der Waals surface area contributed by atoms with Crippen LogP contribution >= 0.6 is 11.8 Å². The number of amides is 3. The number of para-hydroxylation sites is 1. The Morgan fingerprint density at radius 3 is 2.71 bits per heavy atom. The first-order valence-corrected chi connectivity index (χ1v) is 11.2. The van der Waals surface area contributed by atoms with Crippen LogP contribution in [0.25, 0.3) is 0 Å². The second kappa shape index (κ2) is 9.43. The van der Waals surface area contributed by atoms with Gasteiger partial charge in [-0.25, -0.2) is 0 Å². The van der Waals surface area contributed by atoms with Crippen molar-refractivity contribution in [3.63, 3.8) is 0 Å². The summed E-state index contributed by atoms with van der Waals surface area (Å²) in [7, 11) is 1.61. The van der Waals surface area contributed by atoms with E-state index >= 15 is 0 Å². The quantitative estimate of drug-likeness (QED) is 0.700. The largest absolute Gasteiger partial charge is 0.497 e. The second-order valence-electron chi connectivity index (χ2n) is 7.65. The van der Waals surface area contributed by atoms with Crippen molar-refractivity contribution in [2.75, 3.05) is 25.5 Å². The SMILES string of the molecule is COc1cccc(CNC(=O)C2CCN(C(=O)[C@H]3Sc4ccccc4NC3=O)CC2)c1. The molecule has 0 saturated carbocycles. The normalized spacial score (nSPS) is 18.7. The highest BCUT2D eigenvalue weighted by molar-refractivity contribution is 8.01. The smallest absolute Gasteiger partial charge is 0.247 e. The fourth-order valence-electron chi connectivity index (χ4n) is 3.86. The first-order chi connectivity index (χ1) is 15.0. The summed E-state index contributed by atoms with van der Waals surface area (Å²) in [6, 6.07) is 15.1. The van der Waals surface area contributed by atoms with Gasteiger partial charge in [-0.2, -0.15) is 0 Å². The number of nitrogens with one attached hydrogen (secondary N) is 2. The Bertz CT molecular complexity index is 988. The number of hydrogen-bond acceptors (Lipinski definition) is 5. The molecule has 0 aromatic heterocycles. The maximum atomic E-state index is 13.0. The van der Waals surface area contributed by atoms with E-state index in [1.165, 1.54) is 11.8 Å². The van der Waals surface area contributed by atoms with Crippen molar-refractivity contribution in [1.29, 1.82) is 0 Å². The minimum Gasteiger partial charge on any atom is -0.497 e. The van der Waals surface area contributed by atoms with E-state index in [2.05, 4.69) is 10.6 Å². The molecular weight excluding hydrogens is 414 g/mol. The van der Waals surface area contributed by atoms with Gasteiger partial charge >= 0.3 is 0 Å². The number of ether oxygens (including phenoxy) is 1. The van der Waals surface area contributed by atoms with Crippen LogP contribution in [0.3, 0.4) is 0 Å².